The van der Waals surface area contributed by atoms with Crippen molar-refractivity contribution in [1.29, 1.82) is 0 Å². The monoisotopic (exact) mass is 338 g/mol. The summed E-state index contributed by atoms with van der Waals surface area (Å²) < 4.78 is 5.57. The molecule has 25 heavy (non-hydrogen) atoms. The van der Waals surface area contributed by atoms with Crippen LogP contribution in [0.5, 0.6) is 5.75 Å². The highest BCUT2D eigenvalue weighted by Gasteiger charge is 2.05. The lowest BCUT2D eigenvalue weighted by atomic mass is 10.3. The lowest BCUT2D eigenvalue weighted by Crippen LogP contribution is -2.26. The summed E-state index contributed by atoms with van der Waals surface area (Å²) in [6.45, 7) is 1.02. The highest BCUT2D eigenvalue weighted by molar-refractivity contribution is 5.76. The number of carbonyl (C=O) groups is 1. The van der Waals surface area contributed by atoms with Crippen molar-refractivity contribution in [2.75, 3.05) is 18.9 Å². The van der Waals surface area contributed by atoms with Gasteiger partial charge in [-0.2, -0.15) is 0 Å². The Balaban J connectivity index is 1.33. The maximum absolute atomic E-state index is 11.9. The van der Waals surface area contributed by atoms with E-state index in [1.54, 1.807) is 6.07 Å². The van der Waals surface area contributed by atoms with E-state index in [2.05, 4.69) is 15.3 Å². The van der Waals surface area contributed by atoms with Gasteiger partial charge in [-0.15, -0.1) is 0 Å². The number of nitrogens with two attached hydrogens (primary N) is 1. The molecule has 2 aromatic carbocycles. The summed E-state index contributed by atoms with van der Waals surface area (Å²) in [7, 11) is 0. The van der Waals surface area contributed by atoms with E-state index in [0.29, 0.717) is 43.9 Å². The minimum Gasteiger partial charge on any atom is -0.491 e. The molecule has 0 bridgehead atoms. The number of hydrogen-bond donors (Lipinski definition) is 3. The number of aromatic amines is 1. The average molecular weight is 338 g/mol. The van der Waals surface area contributed by atoms with Gasteiger partial charge < -0.3 is 20.8 Å². The fraction of sp³-hybridized carbons (Fsp3) is 0.263. The summed E-state index contributed by atoms with van der Waals surface area (Å²) in [6.07, 6.45) is 1.75. The van der Waals surface area contributed by atoms with Gasteiger partial charge >= 0.3 is 0 Å². The minimum absolute atomic E-state index is 0.0146. The molecule has 0 fully saturated rings. The normalized spacial score (nSPS) is 10.7. The molecular weight excluding hydrogens is 316 g/mol. The first-order valence-electron chi connectivity index (χ1n) is 8.40. The molecule has 1 amide bonds. The molecule has 0 spiro atoms. The van der Waals surface area contributed by atoms with E-state index in [1.165, 1.54) is 0 Å². The largest absolute Gasteiger partial charge is 0.491 e. The summed E-state index contributed by atoms with van der Waals surface area (Å²) in [4.78, 5) is 19.6. The summed E-state index contributed by atoms with van der Waals surface area (Å²) in [6, 6.07) is 15.2. The number of rotatable bonds is 8. The van der Waals surface area contributed by atoms with Gasteiger partial charge in [0.05, 0.1) is 23.3 Å². The third-order valence-corrected chi connectivity index (χ3v) is 3.85. The van der Waals surface area contributed by atoms with Gasteiger partial charge in [0.1, 0.15) is 11.6 Å². The molecule has 6 heteroatoms. The van der Waals surface area contributed by atoms with Crippen LogP contribution in [0.1, 0.15) is 18.7 Å². The van der Waals surface area contributed by atoms with Crippen molar-refractivity contribution in [1.82, 2.24) is 15.3 Å². The van der Waals surface area contributed by atoms with Crippen molar-refractivity contribution >= 4 is 22.6 Å². The van der Waals surface area contributed by atoms with E-state index in [4.69, 9.17) is 10.5 Å². The molecule has 0 radical (unpaired) electrons. The van der Waals surface area contributed by atoms with Gasteiger partial charge in [0, 0.05) is 19.4 Å². The van der Waals surface area contributed by atoms with Crippen molar-refractivity contribution in [2.24, 2.45) is 0 Å². The quantitative estimate of drug-likeness (QED) is 0.435. The van der Waals surface area contributed by atoms with Crippen molar-refractivity contribution in [2.45, 2.75) is 19.3 Å². The second-order valence-electron chi connectivity index (χ2n) is 5.79. The number of aromatic nitrogens is 2. The van der Waals surface area contributed by atoms with Gasteiger partial charge in [-0.1, -0.05) is 24.3 Å². The smallest absolute Gasteiger partial charge is 0.220 e. The number of ether oxygens (including phenoxy) is 1. The fourth-order valence-corrected chi connectivity index (χ4v) is 2.56. The van der Waals surface area contributed by atoms with Crippen molar-refractivity contribution in [3.05, 3.63) is 54.4 Å². The molecule has 0 saturated carbocycles. The highest BCUT2D eigenvalue weighted by atomic mass is 16.5. The van der Waals surface area contributed by atoms with Crippen molar-refractivity contribution in [3.8, 4) is 5.75 Å². The molecule has 0 atom stereocenters. The maximum Gasteiger partial charge on any atom is 0.220 e. The van der Waals surface area contributed by atoms with Crippen LogP contribution in [0.2, 0.25) is 0 Å². The summed E-state index contributed by atoms with van der Waals surface area (Å²) in [5.41, 5.74) is 8.37. The lowest BCUT2D eigenvalue weighted by Gasteiger charge is -2.08. The van der Waals surface area contributed by atoms with Gasteiger partial charge in [0.2, 0.25) is 5.91 Å². The Kier molecular flexibility index (Phi) is 5.51. The predicted molar refractivity (Wildman–Crippen MR) is 98.4 cm³/mol. The van der Waals surface area contributed by atoms with E-state index < -0.39 is 0 Å². The van der Waals surface area contributed by atoms with Crippen molar-refractivity contribution in [3.63, 3.8) is 0 Å². The van der Waals surface area contributed by atoms with E-state index in [-0.39, 0.29) is 5.91 Å². The predicted octanol–water partition coefficient (Wildman–Crippen LogP) is 2.66. The standard InChI is InChI=1S/C19H22N4O2/c20-14-6-1-4-9-17(14)25-13-5-10-19(24)21-12-11-18-22-15-7-2-3-8-16(15)23-18/h1-4,6-9H,5,10-13,20H2,(H,21,24)(H,22,23). The zero-order valence-electron chi connectivity index (χ0n) is 14.0. The Morgan fingerprint density at radius 1 is 1.16 bits per heavy atom. The van der Waals surface area contributed by atoms with E-state index in [9.17, 15) is 4.79 Å². The summed E-state index contributed by atoms with van der Waals surface area (Å²) in [5, 5.41) is 2.91. The lowest BCUT2D eigenvalue weighted by molar-refractivity contribution is -0.121. The minimum atomic E-state index is 0.0146. The molecule has 0 aliphatic rings. The molecule has 1 heterocycles. The van der Waals surface area contributed by atoms with Crippen LogP contribution < -0.4 is 15.8 Å². The van der Waals surface area contributed by atoms with E-state index in [0.717, 1.165) is 16.9 Å². The number of nitrogens with one attached hydrogen (secondary N) is 2. The molecule has 0 saturated heterocycles. The molecular formula is C19H22N4O2. The summed E-state index contributed by atoms with van der Waals surface area (Å²) >= 11 is 0. The Morgan fingerprint density at radius 2 is 1.96 bits per heavy atom. The molecule has 4 N–H and O–H groups in total. The topological polar surface area (TPSA) is 93.0 Å². The number of H-pyrrole nitrogens is 1. The Labute approximate surface area is 146 Å². The number of anilines is 1. The zero-order valence-corrected chi connectivity index (χ0v) is 14.0. The van der Waals surface area contributed by atoms with Gasteiger partial charge in [-0.25, -0.2) is 4.98 Å². The van der Waals surface area contributed by atoms with Crippen LogP contribution in [0.25, 0.3) is 11.0 Å². The highest BCUT2D eigenvalue weighted by Crippen LogP contribution is 2.19. The molecule has 0 unspecified atom stereocenters. The van der Waals surface area contributed by atoms with Crippen molar-refractivity contribution < 1.29 is 9.53 Å². The number of nitrogen functional groups attached to an aromatic ring is 1. The molecule has 6 nitrogen and oxygen atoms in total. The van der Waals surface area contributed by atoms with E-state index in [1.807, 2.05) is 42.5 Å². The third kappa shape index (κ3) is 4.73. The SMILES string of the molecule is Nc1ccccc1OCCCC(=O)NCCc1nc2ccccc2[nH]1. The number of benzene rings is 2. The van der Waals surface area contributed by atoms with Gasteiger partial charge in [0.25, 0.3) is 0 Å². The molecule has 0 aliphatic heterocycles. The first-order chi connectivity index (χ1) is 12.2. The number of nitrogens with zero attached hydrogens (tertiary/aromatic N) is 1. The third-order valence-electron chi connectivity index (χ3n) is 3.85. The number of para-hydroxylation sites is 4. The van der Waals surface area contributed by atoms with Crippen LogP contribution in [-0.4, -0.2) is 29.0 Å². The Bertz CT molecular complexity index is 811. The van der Waals surface area contributed by atoms with Crippen LogP contribution >= 0.6 is 0 Å². The molecule has 130 valence electrons. The first kappa shape index (κ1) is 16.8. The van der Waals surface area contributed by atoms with Gasteiger partial charge in [-0.3, -0.25) is 4.79 Å². The molecule has 3 aromatic rings. The second kappa shape index (κ2) is 8.19. The van der Waals surface area contributed by atoms with Crippen LogP contribution in [0.3, 0.4) is 0 Å². The molecule has 3 rings (SSSR count). The van der Waals surface area contributed by atoms with Gasteiger partial charge in [-0.05, 0) is 30.7 Å². The first-order valence-corrected chi connectivity index (χ1v) is 8.40. The fourth-order valence-electron chi connectivity index (χ4n) is 2.56. The van der Waals surface area contributed by atoms with E-state index >= 15 is 0 Å². The summed E-state index contributed by atoms with van der Waals surface area (Å²) in [5.74, 6) is 1.55. The van der Waals surface area contributed by atoms with Crippen LogP contribution in [-0.2, 0) is 11.2 Å². The zero-order chi connectivity index (χ0) is 17.5. The Morgan fingerprint density at radius 3 is 2.80 bits per heavy atom. The Hall–Kier alpha value is -3.02. The molecule has 1 aromatic heterocycles. The average Bonchev–Trinajstić information content (AvgIpc) is 3.03. The number of carbonyl (C=O) groups excluding carboxylic acids is 1. The van der Waals surface area contributed by atoms with Crippen LogP contribution in [0.15, 0.2) is 48.5 Å². The van der Waals surface area contributed by atoms with Crippen LogP contribution in [0.4, 0.5) is 5.69 Å². The number of fused-ring (bicyclic) bond motifs is 1. The van der Waals surface area contributed by atoms with Crippen LogP contribution in [0, 0.1) is 0 Å². The second-order valence-corrected chi connectivity index (χ2v) is 5.79. The molecule has 0 aliphatic carbocycles. The number of imidazole rings is 1. The maximum atomic E-state index is 11.9. The number of amides is 1. The van der Waals surface area contributed by atoms with Gasteiger partial charge in [0.15, 0.2) is 0 Å². The number of hydrogen-bond acceptors (Lipinski definition) is 4.